The second kappa shape index (κ2) is 8.51. The van der Waals surface area contributed by atoms with E-state index in [1.165, 1.54) is 11.8 Å². The van der Waals surface area contributed by atoms with Gasteiger partial charge in [-0.1, -0.05) is 42.1 Å². The average Bonchev–Trinajstić information content (AvgIpc) is 3.04. The number of fused-ring (bicyclic) bond motifs is 1. The van der Waals surface area contributed by atoms with Gasteiger partial charge in [-0.2, -0.15) is 0 Å². The molecule has 0 saturated carbocycles. The van der Waals surface area contributed by atoms with Gasteiger partial charge in [0.2, 0.25) is 5.91 Å². The molecule has 162 valence electrons. The van der Waals surface area contributed by atoms with Crippen LogP contribution in [0.2, 0.25) is 0 Å². The predicted molar refractivity (Wildman–Crippen MR) is 124 cm³/mol. The first kappa shape index (κ1) is 21.6. The Bertz CT molecular complexity index is 1230. The van der Waals surface area contributed by atoms with Crippen molar-refractivity contribution in [1.29, 1.82) is 0 Å². The minimum absolute atomic E-state index is 0.0113. The van der Waals surface area contributed by atoms with Crippen LogP contribution in [0.4, 0.5) is 0 Å². The highest BCUT2D eigenvalue weighted by Crippen LogP contribution is 2.33. The zero-order chi connectivity index (χ0) is 22.1. The van der Waals surface area contributed by atoms with Gasteiger partial charge in [-0.3, -0.25) is 4.79 Å². The number of nitrogens with one attached hydrogen (secondary N) is 1. The molecular formula is C23H24N2O4S2. The molecule has 0 aliphatic carbocycles. The largest absolute Gasteiger partial charge is 0.497 e. The molecule has 2 aromatic carbocycles. The molecule has 0 spiro atoms. The Balaban J connectivity index is 1.58. The van der Waals surface area contributed by atoms with Gasteiger partial charge < -0.3 is 10.1 Å². The maximum Gasteiger partial charge on any atom is 0.230 e. The van der Waals surface area contributed by atoms with Crippen LogP contribution in [0.15, 0.2) is 59.6 Å². The van der Waals surface area contributed by atoms with E-state index in [0.717, 1.165) is 27.1 Å². The Kier molecular flexibility index (Phi) is 5.94. The number of rotatable bonds is 6. The molecule has 1 fully saturated rings. The van der Waals surface area contributed by atoms with Crippen LogP contribution in [0.25, 0.3) is 22.0 Å². The van der Waals surface area contributed by atoms with E-state index in [0.29, 0.717) is 12.2 Å². The summed E-state index contributed by atoms with van der Waals surface area (Å²) in [5.41, 5.74) is 2.19. The van der Waals surface area contributed by atoms with E-state index in [4.69, 9.17) is 9.72 Å². The number of carbonyl (C=O) groups excluding carboxylic acids is 1. The lowest BCUT2D eigenvalue weighted by molar-refractivity contribution is -0.120. The number of hydrogen-bond acceptors (Lipinski definition) is 6. The summed E-state index contributed by atoms with van der Waals surface area (Å²) in [6, 6.07) is 17.8. The molecule has 1 saturated heterocycles. The Labute approximate surface area is 186 Å². The Morgan fingerprint density at radius 1 is 1.19 bits per heavy atom. The van der Waals surface area contributed by atoms with E-state index >= 15 is 0 Å². The summed E-state index contributed by atoms with van der Waals surface area (Å²) in [7, 11) is -1.46. The fraction of sp³-hybridized carbons (Fsp3) is 0.304. The number of pyridine rings is 1. The first-order valence-electron chi connectivity index (χ1n) is 9.95. The van der Waals surface area contributed by atoms with Crippen molar-refractivity contribution in [1.82, 2.24) is 10.3 Å². The van der Waals surface area contributed by atoms with Crippen molar-refractivity contribution >= 4 is 38.4 Å². The summed E-state index contributed by atoms with van der Waals surface area (Å²) in [6.45, 7) is 1.79. The topological polar surface area (TPSA) is 85.4 Å². The van der Waals surface area contributed by atoms with E-state index in [-0.39, 0.29) is 23.2 Å². The third-order valence-electron chi connectivity index (χ3n) is 5.37. The number of methoxy groups -OCH3 is 1. The van der Waals surface area contributed by atoms with E-state index < -0.39 is 15.4 Å². The predicted octanol–water partition coefficient (Wildman–Crippen LogP) is 3.70. The fourth-order valence-corrected chi connectivity index (χ4v) is 6.67. The van der Waals surface area contributed by atoms with Crippen LogP contribution < -0.4 is 10.1 Å². The first-order chi connectivity index (χ1) is 14.8. The van der Waals surface area contributed by atoms with Crippen LogP contribution in [-0.4, -0.2) is 49.2 Å². The molecule has 2 heterocycles. The summed E-state index contributed by atoms with van der Waals surface area (Å²) < 4.78 is 28.9. The highest BCUT2D eigenvalue weighted by Gasteiger charge is 2.39. The van der Waals surface area contributed by atoms with Crippen LogP contribution in [0.1, 0.15) is 13.3 Å². The molecule has 0 bridgehead atoms. The number of nitrogens with zero attached hydrogens (tertiary/aromatic N) is 1. The molecule has 3 aromatic rings. The summed E-state index contributed by atoms with van der Waals surface area (Å²) in [5, 5.41) is 4.62. The number of hydrogen-bond donors (Lipinski definition) is 1. The first-order valence-corrected chi connectivity index (χ1v) is 12.8. The third kappa shape index (κ3) is 5.02. The van der Waals surface area contributed by atoms with Crippen LogP contribution in [0.5, 0.6) is 5.75 Å². The molecule has 1 amide bonds. The van der Waals surface area contributed by atoms with E-state index in [1.807, 2.05) is 54.6 Å². The average molecular weight is 457 g/mol. The van der Waals surface area contributed by atoms with Crippen molar-refractivity contribution in [2.45, 2.75) is 23.9 Å². The second-order valence-corrected chi connectivity index (χ2v) is 11.2. The molecule has 1 N–H and O–H groups in total. The minimum Gasteiger partial charge on any atom is -0.497 e. The fourth-order valence-electron chi connectivity index (χ4n) is 3.86. The molecule has 1 aliphatic heterocycles. The Morgan fingerprint density at radius 3 is 2.65 bits per heavy atom. The van der Waals surface area contributed by atoms with Crippen LogP contribution in [0, 0.1) is 0 Å². The summed E-state index contributed by atoms with van der Waals surface area (Å²) in [6.07, 6.45) is 0.442. The zero-order valence-electron chi connectivity index (χ0n) is 17.4. The van der Waals surface area contributed by atoms with Gasteiger partial charge in [-0.15, -0.1) is 0 Å². The number of thioether (sulfide) groups is 1. The maximum absolute atomic E-state index is 12.5. The van der Waals surface area contributed by atoms with Gasteiger partial charge >= 0.3 is 0 Å². The lowest BCUT2D eigenvalue weighted by Gasteiger charge is -2.23. The van der Waals surface area contributed by atoms with Crippen molar-refractivity contribution in [3.8, 4) is 16.9 Å². The maximum atomic E-state index is 12.5. The van der Waals surface area contributed by atoms with Gasteiger partial charge in [0.25, 0.3) is 0 Å². The van der Waals surface area contributed by atoms with Gasteiger partial charge in [0, 0.05) is 11.5 Å². The SMILES string of the molecule is COc1ccc2c(-c3ccccc3)cc(SCC(=O)N[C@@]3(C)CCS(=O)(=O)C3)nc2c1. The van der Waals surface area contributed by atoms with Crippen LogP contribution in [-0.2, 0) is 14.6 Å². The monoisotopic (exact) mass is 456 g/mol. The molecule has 4 rings (SSSR count). The third-order valence-corrected chi connectivity index (χ3v) is 8.19. The molecule has 6 nitrogen and oxygen atoms in total. The molecule has 0 radical (unpaired) electrons. The van der Waals surface area contributed by atoms with Gasteiger partial charge in [0.05, 0.1) is 40.4 Å². The van der Waals surface area contributed by atoms with Gasteiger partial charge in [-0.25, -0.2) is 13.4 Å². The van der Waals surface area contributed by atoms with Crippen molar-refractivity contribution < 1.29 is 17.9 Å². The normalized spacial score (nSPS) is 19.9. The highest BCUT2D eigenvalue weighted by molar-refractivity contribution is 7.99. The van der Waals surface area contributed by atoms with Crippen molar-refractivity contribution in [3.05, 3.63) is 54.6 Å². The number of aromatic nitrogens is 1. The number of sulfone groups is 1. The minimum atomic E-state index is -3.08. The van der Waals surface area contributed by atoms with E-state index in [1.54, 1.807) is 14.0 Å². The standard InChI is InChI=1S/C23H24N2O4S2/c1-23(10-11-31(27,28)15-23)25-21(26)14-30-22-13-19(16-6-4-3-5-7-16)18-9-8-17(29-2)12-20(18)24-22/h3-9,12-13H,10-11,14-15H2,1-2H3,(H,25,26)/t23-/m0/s1. The number of carbonyl (C=O) groups is 1. The number of ether oxygens (including phenoxy) is 1. The van der Waals surface area contributed by atoms with Crippen LogP contribution >= 0.6 is 11.8 Å². The summed E-state index contributed by atoms with van der Waals surface area (Å²) >= 11 is 1.33. The smallest absolute Gasteiger partial charge is 0.230 e. The molecular weight excluding hydrogens is 432 g/mol. The van der Waals surface area contributed by atoms with E-state index in [9.17, 15) is 13.2 Å². The molecule has 31 heavy (non-hydrogen) atoms. The number of amides is 1. The lowest BCUT2D eigenvalue weighted by atomic mass is 10.0. The molecule has 8 heteroatoms. The van der Waals surface area contributed by atoms with Gasteiger partial charge in [0.15, 0.2) is 9.84 Å². The van der Waals surface area contributed by atoms with Crippen molar-refractivity contribution in [3.63, 3.8) is 0 Å². The molecule has 1 aromatic heterocycles. The molecule has 1 aliphatic rings. The highest BCUT2D eigenvalue weighted by atomic mass is 32.2. The second-order valence-electron chi connectivity index (χ2n) is 8.00. The van der Waals surface area contributed by atoms with Crippen molar-refractivity contribution in [2.75, 3.05) is 24.4 Å². The summed E-state index contributed by atoms with van der Waals surface area (Å²) in [4.78, 5) is 17.3. The summed E-state index contributed by atoms with van der Waals surface area (Å²) in [5.74, 6) is 0.785. The van der Waals surface area contributed by atoms with E-state index in [2.05, 4.69) is 5.32 Å². The van der Waals surface area contributed by atoms with Crippen LogP contribution in [0.3, 0.4) is 0 Å². The lowest BCUT2D eigenvalue weighted by Crippen LogP contribution is -2.47. The quantitative estimate of drug-likeness (QED) is 0.570. The number of benzene rings is 2. The van der Waals surface area contributed by atoms with Crippen molar-refractivity contribution in [2.24, 2.45) is 0 Å². The van der Waals surface area contributed by atoms with Gasteiger partial charge in [0.1, 0.15) is 5.75 Å². The van der Waals surface area contributed by atoms with Gasteiger partial charge in [-0.05, 0) is 42.7 Å². The Hall–Kier alpha value is -2.58. The molecule has 0 unspecified atom stereocenters. The Morgan fingerprint density at radius 2 is 1.97 bits per heavy atom. The zero-order valence-corrected chi connectivity index (χ0v) is 19.1. The molecule has 1 atom stereocenters.